The fourth-order valence-electron chi connectivity index (χ4n) is 4.47. The zero-order valence-corrected chi connectivity index (χ0v) is 22.6. The van der Waals surface area contributed by atoms with E-state index in [1.165, 1.54) is 21.3 Å². The van der Waals surface area contributed by atoms with Gasteiger partial charge >= 0.3 is 0 Å². The van der Waals surface area contributed by atoms with Gasteiger partial charge in [0.25, 0.3) is 0 Å². The highest BCUT2D eigenvalue weighted by molar-refractivity contribution is 6.16. The second-order valence-corrected chi connectivity index (χ2v) is 9.06. The number of hydrogen-bond acceptors (Lipinski definition) is 7. The molecule has 0 bridgehead atoms. The summed E-state index contributed by atoms with van der Waals surface area (Å²) in [5.41, 5.74) is 3.60. The molecule has 5 rings (SSSR count). The van der Waals surface area contributed by atoms with Gasteiger partial charge in [-0.1, -0.05) is 66.7 Å². The number of carbonyl (C=O) groups is 1. The second-order valence-electron chi connectivity index (χ2n) is 9.06. The maximum absolute atomic E-state index is 13.6. The molecule has 40 heavy (non-hydrogen) atoms. The minimum Gasteiger partial charge on any atom is -0.493 e. The highest BCUT2D eigenvalue weighted by atomic mass is 16.5. The Morgan fingerprint density at radius 2 is 1.32 bits per heavy atom. The van der Waals surface area contributed by atoms with Crippen LogP contribution >= 0.6 is 0 Å². The summed E-state index contributed by atoms with van der Waals surface area (Å²) in [6.45, 7) is 0.866. The number of Topliss-reactive ketones (excluding diaryl/α,β-unsaturated/α-hetero) is 1. The van der Waals surface area contributed by atoms with Crippen LogP contribution in [-0.2, 0) is 13.2 Å². The number of carbonyl (C=O) groups excluding carboxylic acids is 1. The Hall–Kier alpha value is -4.91. The van der Waals surface area contributed by atoms with Gasteiger partial charge in [-0.15, -0.1) is 0 Å². The van der Waals surface area contributed by atoms with E-state index in [1.54, 1.807) is 12.1 Å². The van der Waals surface area contributed by atoms with Crippen LogP contribution in [0.5, 0.6) is 34.5 Å². The van der Waals surface area contributed by atoms with Crippen molar-refractivity contribution >= 4 is 11.9 Å². The van der Waals surface area contributed by atoms with Gasteiger partial charge in [-0.25, -0.2) is 0 Å². The molecule has 1 aliphatic heterocycles. The van der Waals surface area contributed by atoms with Crippen LogP contribution in [-0.4, -0.2) is 33.7 Å². The molecule has 4 aromatic carbocycles. The normalized spacial score (nSPS) is 13.3. The van der Waals surface area contributed by atoms with E-state index < -0.39 is 0 Å². The van der Waals surface area contributed by atoms with Gasteiger partial charge in [0.05, 0.1) is 21.3 Å². The van der Waals surface area contributed by atoms with Gasteiger partial charge in [0.1, 0.15) is 31.1 Å². The lowest BCUT2D eigenvalue weighted by molar-refractivity contribution is 0.0996. The Balaban J connectivity index is 1.45. The van der Waals surface area contributed by atoms with Gasteiger partial charge in [-0.2, -0.15) is 0 Å². The quantitative estimate of drug-likeness (QED) is 0.213. The first-order valence-electron chi connectivity index (χ1n) is 12.8. The first kappa shape index (κ1) is 26.7. The third-order valence-electron chi connectivity index (χ3n) is 6.48. The molecule has 0 radical (unpaired) electrons. The van der Waals surface area contributed by atoms with Crippen molar-refractivity contribution in [2.45, 2.75) is 13.2 Å². The van der Waals surface area contributed by atoms with Crippen molar-refractivity contribution in [3.05, 3.63) is 113 Å². The van der Waals surface area contributed by atoms with Gasteiger partial charge < -0.3 is 28.4 Å². The van der Waals surface area contributed by atoms with E-state index in [2.05, 4.69) is 0 Å². The molecule has 0 amide bonds. The number of rotatable bonds is 10. The average molecular weight is 539 g/mol. The molecular weight excluding hydrogens is 508 g/mol. The highest BCUT2D eigenvalue weighted by Gasteiger charge is 2.32. The van der Waals surface area contributed by atoms with Crippen LogP contribution in [0.3, 0.4) is 0 Å². The van der Waals surface area contributed by atoms with E-state index in [-0.39, 0.29) is 18.1 Å². The van der Waals surface area contributed by atoms with E-state index in [1.807, 2.05) is 78.9 Å². The van der Waals surface area contributed by atoms with Crippen molar-refractivity contribution in [3.63, 3.8) is 0 Å². The number of ether oxygens (including phenoxy) is 6. The van der Waals surface area contributed by atoms with Crippen LogP contribution in [0.25, 0.3) is 6.08 Å². The van der Waals surface area contributed by atoms with Gasteiger partial charge in [-0.3, -0.25) is 4.79 Å². The van der Waals surface area contributed by atoms with Crippen molar-refractivity contribution in [2.24, 2.45) is 0 Å². The topological polar surface area (TPSA) is 72.5 Å². The Morgan fingerprint density at radius 1 is 0.700 bits per heavy atom. The largest absolute Gasteiger partial charge is 0.493 e. The smallest absolute Gasteiger partial charge is 0.204 e. The lowest BCUT2D eigenvalue weighted by atomic mass is 9.96. The number of fused-ring (bicyclic) bond motifs is 1. The fraction of sp³-hybridized carbons (Fsp3) is 0.182. The lowest BCUT2D eigenvalue weighted by Crippen LogP contribution is -2.20. The molecule has 0 saturated carbocycles. The molecule has 0 aliphatic carbocycles. The summed E-state index contributed by atoms with van der Waals surface area (Å²) >= 11 is 0. The standard InChI is InChI=1S/C33H30O7/c1-35-29-18-28-30(33(37-3)32(29)36-2)31(34)25(21-40-28)16-24-14-15-26(38-19-22-10-6-4-7-11-22)27(17-24)39-20-23-12-8-5-9-13-23/h4-18H,19-21H2,1-3H3. The predicted octanol–water partition coefficient (Wildman–Crippen LogP) is 6.53. The van der Waals surface area contributed by atoms with Gasteiger partial charge in [0.15, 0.2) is 28.8 Å². The minimum absolute atomic E-state index is 0.0942. The average Bonchev–Trinajstić information content (AvgIpc) is 3.00. The Labute approximate surface area is 233 Å². The van der Waals surface area contributed by atoms with Crippen molar-refractivity contribution in [1.29, 1.82) is 0 Å². The maximum Gasteiger partial charge on any atom is 0.204 e. The van der Waals surface area contributed by atoms with Crippen molar-refractivity contribution < 1.29 is 33.2 Å². The van der Waals surface area contributed by atoms with E-state index in [0.717, 1.165) is 16.7 Å². The zero-order valence-electron chi connectivity index (χ0n) is 22.6. The van der Waals surface area contributed by atoms with E-state index in [0.29, 0.717) is 53.1 Å². The fourth-order valence-corrected chi connectivity index (χ4v) is 4.47. The molecule has 4 aromatic rings. The molecule has 0 unspecified atom stereocenters. The first-order valence-corrected chi connectivity index (χ1v) is 12.8. The van der Waals surface area contributed by atoms with Crippen molar-refractivity contribution in [2.75, 3.05) is 27.9 Å². The van der Waals surface area contributed by atoms with E-state index in [9.17, 15) is 4.79 Å². The monoisotopic (exact) mass is 538 g/mol. The van der Waals surface area contributed by atoms with Crippen LogP contribution < -0.4 is 28.4 Å². The van der Waals surface area contributed by atoms with E-state index in [4.69, 9.17) is 28.4 Å². The molecule has 0 atom stereocenters. The Kier molecular flexibility index (Phi) is 8.21. The predicted molar refractivity (Wildman–Crippen MR) is 152 cm³/mol. The second kappa shape index (κ2) is 12.3. The van der Waals surface area contributed by atoms with E-state index >= 15 is 0 Å². The molecule has 1 aliphatic rings. The molecule has 0 N–H and O–H groups in total. The van der Waals surface area contributed by atoms with Gasteiger partial charge in [0.2, 0.25) is 5.75 Å². The number of benzene rings is 4. The summed E-state index contributed by atoms with van der Waals surface area (Å²) in [6.07, 6.45) is 1.79. The molecule has 0 spiro atoms. The van der Waals surface area contributed by atoms with Crippen molar-refractivity contribution in [3.8, 4) is 34.5 Å². The van der Waals surface area contributed by atoms with Gasteiger partial charge in [0, 0.05) is 11.6 Å². The summed E-state index contributed by atoms with van der Waals surface area (Å²) in [5, 5.41) is 0. The number of methoxy groups -OCH3 is 3. The molecule has 0 aromatic heterocycles. The maximum atomic E-state index is 13.6. The number of hydrogen-bond donors (Lipinski definition) is 0. The van der Waals surface area contributed by atoms with Gasteiger partial charge in [-0.05, 0) is 34.9 Å². The molecule has 1 heterocycles. The third-order valence-corrected chi connectivity index (χ3v) is 6.48. The Bertz CT molecular complexity index is 1510. The van der Waals surface area contributed by atoms with Crippen LogP contribution in [0.2, 0.25) is 0 Å². The van der Waals surface area contributed by atoms with Crippen LogP contribution in [0.1, 0.15) is 27.0 Å². The SMILES string of the molecule is COc1cc2c(c(OC)c1OC)C(=O)C(=Cc1ccc(OCc3ccccc3)c(OCc3ccccc3)c1)CO2. The van der Waals surface area contributed by atoms with Crippen LogP contribution in [0, 0.1) is 0 Å². The molecular formula is C33H30O7. The molecule has 0 saturated heterocycles. The minimum atomic E-state index is -0.213. The number of ketones is 1. The van der Waals surface area contributed by atoms with Crippen molar-refractivity contribution in [1.82, 2.24) is 0 Å². The lowest BCUT2D eigenvalue weighted by Gasteiger charge is -2.23. The van der Waals surface area contributed by atoms with Crippen LogP contribution in [0.4, 0.5) is 0 Å². The summed E-state index contributed by atoms with van der Waals surface area (Å²) in [6, 6.07) is 27.1. The molecule has 0 fully saturated rings. The highest BCUT2D eigenvalue weighted by Crippen LogP contribution is 2.47. The Morgan fingerprint density at radius 3 is 1.93 bits per heavy atom. The first-order chi connectivity index (χ1) is 19.6. The summed E-state index contributed by atoms with van der Waals surface area (Å²) in [7, 11) is 4.49. The third kappa shape index (κ3) is 5.73. The summed E-state index contributed by atoms with van der Waals surface area (Å²) in [4.78, 5) is 13.6. The summed E-state index contributed by atoms with van der Waals surface area (Å²) < 4.78 is 34.7. The van der Waals surface area contributed by atoms with Crippen LogP contribution in [0.15, 0.2) is 90.5 Å². The molecule has 7 nitrogen and oxygen atoms in total. The zero-order chi connectivity index (χ0) is 27.9. The molecule has 7 heteroatoms. The summed E-state index contributed by atoms with van der Waals surface area (Å²) in [5.74, 6) is 2.37. The molecule has 204 valence electrons.